The van der Waals surface area contributed by atoms with Crippen molar-refractivity contribution in [2.45, 2.75) is 26.9 Å². The number of ether oxygens (including phenoxy) is 2. The van der Waals surface area contributed by atoms with E-state index in [1.165, 1.54) is 11.7 Å². The second-order valence-corrected chi connectivity index (χ2v) is 8.41. The van der Waals surface area contributed by atoms with Crippen LogP contribution in [0.1, 0.15) is 16.7 Å². The average molecular weight is 472 g/mol. The van der Waals surface area contributed by atoms with Gasteiger partial charge in [-0.2, -0.15) is 0 Å². The second kappa shape index (κ2) is 10.3. The lowest BCUT2D eigenvalue weighted by Gasteiger charge is -2.17. The molecule has 1 aromatic heterocycles. The predicted octanol–water partition coefficient (Wildman–Crippen LogP) is 4.89. The van der Waals surface area contributed by atoms with Gasteiger partial charge in [-0.15, -0.1) is 0 Å². The van der Waals surface area contributed by atoms with E-state index in [9.17, 15) is 9.59 Å². The number of amides is 1. The van der Waals surface area contributed by atoms with Crippen molar-refractivity contribution < 1.29 is 14.3 Å². The summed E-state index contributed by atoms with van der Waals surface area (Å²) in [5, 5.41) is 6.99. The quantitative estimate of drug-likeness (QED) is 0.383. The molecule has 35 heavy (non-hydrogen) atoms. The molecule has 0 aliphatic rings. The van der Waals surface area contributed by atoms with Gasteiger partial charge < -0.3 is 20.1 Å². The summed E-state index contributed by atoms with van der Waals surface area (Å²) in [5.41, 5.74) is 4.58. The van der Waals surface area contributed by atoms with E-state index in [4.69, 9.17) is 9.47 Å². The van der Waals surface area contributed by atoms with Crippen molar-refractivity contribution in [1.82, 2.24) is 4.57 Å². The fraction of sp³-hybridized carbons (Fsp3) is 0.214. The van der Waals surface area contributed by atoms with Crippen molar-refractivity contribution in [3.05, 3.63) is 93.8 Å². The Bertz CT molecular complexity index is 1430. The summed E-state index contributed by atoms with van der Waals surface area (Å²) in [6.07, 6.45) is 0. The fourth-order valence-corrected chi connectivity index (χ4v) is 4.09. The van der Waals surface area contributed by atoms with Crippen molar-refractivity contribution in [2.24, 2.45) is 0 Å². The third-order valence-electron chi connectivity index (χ3n) is 5.89. The average Bonchev–Trinajstić information content (AvgIpc) is 2.86. The highest BCUT2D eigenvalue weighted by Gasteiger charge is 2.16. The number of anilines is 2. The molecule has 1 heterocycles. The summed E-state index contributed by atoms with van der Waals surface area (Å²) in [6, 6.07) is 20.8. The first-order valence-corrected chi connectivity index (χ1v) is 11.3. The van der Waals surface area contributed by atoms with Gasteiger partial charge in [0.1, 0.15) is 6.54 Å². The molecule has 0 radical (unpaired) electrons. The summed E-state index contributed by atoms with van der Waals surface area (Å²) in [6.45, 7) is 4.11. The number of aryl methyl sites for hydroxylation is 2. The highest BCUT2D eigenvalue weighted by molar-refractivity contribution is 5.93. The van der Waals surface area contributed by atoms with Crippen molar-refractivity contribution in [3.63, 3.8) is 0 Å². The van der Waals surface area contributed by atoms with E-state index in [0.29, 0.717) is 29.1 Å². The van der Waals surface area contributed by atoms with Gasteiger partial charge in [0.05, 0.1) is 19.7 Å². The number of rotatable bonds is 8. The Balaban J connectivity index is 1.74. The van der Waals surface area contributed by atoms with E-state index < -0.39 is 0 Å². The largest absolute Gasteiger partial charge is 0.493 e. The predicted molar refractivity (Wildman–Crippen MR) is 140 cm³/mol. The molecular formula is C28H29N3O4. The van der Waals surface area contributed by atoms with Crippen LogP contribution in [0.15, 0.2) is 71.5 Å². The Kier molecular flexibility index (Phi) is 7.06. The number of carbonyl (C=O) groups excluding carboxylic acids is 1. The van der Waals surface area contributed by atoms with Crippen LogP contribution >= 0.6 is 0 Å². The third kappa shape index (κ3) is 5.30. The Morgan fingerprint density at radius 2 is 1.63 bits per heavy atom. The number of pyridine rings is 1. The number of hydrogen-bond donors (Lipinski definition) is 2. The maximum absolute atomic E-state index is 13.5. The Morgan fingerprint density at radius 1 is 0.914 bits per heavy atom. The Hall–Kier alpha value is -4.26. The van der Waals surface area contributed by atoms with Crippen LogP contribution in [0.3, 0.4) is 0 Å². The van der Waals surface area contributed by atoms with Crippen LogP contribution in [-0.2, 0) is 17.9 Å². The van der Waals surface area contributed by atoms with Gasteiger partial charge in [-0.1, -0.05) is 35.9 Å². The zero-order valence-corrected chi connectivity index (χ0v) is 20.3. The summed E-state index contributed by atoms with van der Waals surface area (Å²) in [5.74, 6) is 0.744. The lowest BCUT2D eigenvalue weighted by molar-refractivity contribution is -0.116. The maximum Gasteiger partial charge on any atom is 0.256 e. The van der Waals surface area contributed by atoms with Crippen LogP contribution < -0.4 is 25.7 Å². The molecule has 0 aliphatic carbocycles. The van der Waals surface area contributed by atoms with Crippen LogP contribution in [0.4, 0.5) is 11.4 Å². The molecule has 4 aromatic rings. The molecule has 0 unspecified atom stereocenters. The standard InChI is InChI=1S/C28H29N3O4/c1-18-10-11-23(19(2)12-18)30-27(32)17-31-24-15-26(35-4)25(34-3)14-20(24)13-21(28(31)33)16-29-22-8-6-5-7-9-22/h5-15,29H,16-17H2,1-4H3,(H,30,32). The van der Waals surface area contributed by atoms with Crippen LogP contribution in [0.2, 0.25) is 0 Å². The monoisotopic (exact) mass is 471 g/mol. The molecule has 0 atom stereocenters. The summed E-state index contributed by atoms with van der Waals surface area (Å²) in [4.78, 5) is 26.6. The molecule has 1 amide bonds. The van der Waals surface area contributed by atoms with Gasteiger partial charge in [-0.05, 0) is 49.7 Å². The third-order valence-corrected chi connectivity index (χ3v) is 5.89. The van der Waals surface area contributed by atoms with E-state index in [0.717, 1.165) is 27.9 Å². The van der Waals surface area contributed by atoms with E-state index in [2.05, 4.69) is 10.6 Å². The molecule has 0 spiro atoms. The number of hydrogen-bond acceptors (Lipinski definition) is 5. The highest BCUT2D eigenvalue weighted by Crippen LogP contribution is 2.32. The lowest BCUT2D eigenvalue weighted by Crippen LogP contribution is -2.31. The summed E-state index contributed by atoms with van der Waals surface area (Å²) in [7, 11) is 3.10. The zero-order valence-electron chi connectivity index (χ0n) is 20.3. The fourth-order valence-electron chi connectivity index (χ4n) is 4.09. The van der Waals surface area contributed by atoms with Crippen molar-refractivity contribution in [2.75, 3.05) is 24.9 Å². The van der Waals surface area contributed by atoms with Gasteiger partial charge in [0.2, 0.25) is 5.91 Å². The number of benzene rings is 3. The van der Waals surface area contributed by atoms with Crippen LogP contribution in [0, 0.1) is 13.8 Å². The Labute approximate surface area is 204 Å². The first-order chi connectivity index (χ1) is 16.9. The van der Waals surface area contributed by atoms with Gasteiger partial charge in [0.25, 0.3) is 5.56 Å². The molecule has 4 rings (SSSR count). The minimum atomic E-state index is -0.289. The van der Waals surface area contributed by atoms with Gasteiger partial charge >= 0.3 is 0 Å². The minimum Gasteiger partial charge on any atom is -0.493 e. The van der Waals surface area contributed by atoms with Gasteiger partial charge in [-0.25, -0.2) is 0 Å². The van der Waals surface area contributed by atoms with Crippen LogP contribution in [-0.4, -0.2) is 24.7 Å². The number of nitrogens with one attached hydrogen (secondary N) is 2. The van der Waals surface area contributed by atoms with Gasteiger partial charge in [0, 0.05) is 34.9 Å². The second-order valence-electron chi connectivity index (χ2n) is 8.41. The first-order valence-electron chi connectivity index (χ1n) is 11.3. The number of carbonyl (C=O) groups is 1. The summed E-state index contributed by atoms with van der Waals surface area (Å²) < 4.78 is 12.4. The number of fused-ring (bicyclic) bond motifs is 1. The number of methoxy groups -OCH3 is 2. The molecule has 2 N–H and O–H groups in total. The van der Waals surface area contributed by atoms with E-state index in [1.807, 2.05) is 74.5 Å². The first kappa shape index (κ1) is 23.9. The number of aromatic nitrogens is 1. The normalized spacial score (nSPS) is 10.7. The SMILES string of the molecule is COc1cc2cc(CNc3ccccc3)c(=O)n(CC(=O)Nc3ccc(C)cc3C)c2cc1OC. The minimum absolute atomic E-state index is 0.142. The molecule has 7 heteroatoms. The van der Waals surface area contributed by atoms with Crippen LogP contribution in [0.5, 0.6) is 11.5 Å². The summed E-state index contributed by atoms with van der Waals surface area (Å²) >= 11 is 0. The molecule has 0 bridgehead atoms. The van der Waals surface area contributed by atoms with Gasteiger partial charge in [-0.3, -0.25) is 14.2 Å². The molecule has 0 saturated heterocycles. The van der Waals surface area contributed by atoms with Gasteiger partial charge in [0.15, 0.2) is 11.5 Å². The number of nitrogens with zero attached hydrogens (tertiary/aromatic N) is 1. The topological polar surface area (TPSA) is 81.6 Å². The van der Waals surface area contributed by atoms with E-state index in [1.54, 1.807) is 13.2 Å². The van der Waals surface area contributed by atoms with Crippen LogP contribution in [0.25, 0.3) is 10.9 Å². The van der Waals surface area contributed by atoms with Crippen molar-refractivity contribution in [1.29, 1.82) is 0 Å². The molecule has 180 valence electrons. The zero-order chi connectivity index (χ0) is 24.9. The molecular weight excluding hydrogens is 442 g/mol. The Morgan fingerprint density at radius 3 is 2.31 bits per heavy atom. The van der Waals surface area contributed by atoms with E-state index in [-0.39, 0.29) is 18.0 Å². The molecule has 0 fully saturated rings. The van der Waals surface area contributed by atoms with Crippen molar-refractivity contribution in [3.8, 4) is 11.5 Å². The maximum atomic E-state index is 13.5. The highest BCUT2D eigenvalue weighted by atomic mass is 16.5. The lowest BCUT2D eigenvalue weighted by atomic mass is 10.1. The van der Waals surface area contributed by atoms with Crippen molar-refractivity contribution >= 4 is 28.2 Å². The number of para-hydroxylation sites is 1. The molecule has 0 aliphatic heterocycles. The smallest absolute Gasteiger partial charge is 0.256 e. The molecule has 7 nitrogen and oxygen atoms in total. The molecule has 3 aromatic carbocycles. The molecule has 0 saturated carbocycles. The van der Waals surface area contributed by atoms with E-state index >= 15 is 0 Å².